The van der Waals surface area contributed by atoms with E-state index < -0.39 is 11.5 Å². The second-order valence-corrected chi connectivity index (χ2v) is 4.91. The van der Waals surface area contributed by atoms with Gasteiger partial charge < -0.3 is 5.11 Å². The topological polar surface area (TPSA) is 37.3 Å². The highest BCUT2D eigenvalue weighted by Crippen LogP contribution is 2.34. The van der Waals surface area contributed by atoms with Crippen molar-refractivity contribution in [3.63, 3.8) is 0 Å². The summed E-state index contributed by atoms with van der Waals surface area (Å²) in [6, 6.07) is 9.25. The summed E-state index contributed by atoms with van der Waals surface area (Å²) in [6.07, 6.45) is 0.709. The van der Waals surface area contributed by atoms with Gasteiger partial charge in [-0.3, -0.25) is 4.79 Å². The molecule has 86 valence electrons. The SMILES string of the molecule is CC(C)(C(=O)/C=C/I)C(O)c1ccccc1. The van der Waals surface area contributed by atoms with Gasteiger partial charge in [0.1, 0.15) is 0 Å². The van der Waals surface area contributed by atoms with E-state index in [9.17, 15) is 9.90 Å². The van der Waals surface area contributed by atoms with Crippen molar-refractivity contribution < 1.29 is 9.90 Å². The van der Waals surface area contributed by atoms with E-state index in [2.05, 4.69) is 0 Å². The van der Waals surface area contributed by atoms with E-state index in [-0.39, 0.29) is 5.78 Å². The predicted octanol–water partition coefficient (Wildman–Crippen LogP) is 3.26. The van der Waals surface area contributed by atoms with Crippen molar-refractivity contribution in [3.8, 4) is 0 Å². The van der Waals surface area contributed by atoms with Crippen LogP contribution < -0.4 is 0 Å². The molecule has 3 heteroatoms. The molecule has 0 aliphatic heterocycles. The van der Waals surface area contributed by atoms with E-state index in [1.165, 1.54) is 6.08 Å². The minimum absolute atomic E-state index is 0.0711. The number of benzene rings is 1. The molecule has 0 bridgehead atoms. The molecule has 0 aliphatic carbocycles. The molecule has 16 heavy (non-hydrogen) atoms. The average molecular weight is 330 g/mol. The van der Waals surface area contributed by atoms with Gasteiger partial charge >= 0.3 is 0 Å². The van der Waals surface area contributed by atoms with Gasteiger partial charge in [-0.15, -0.1) is 0 Å². The zero-order valence-corrected chi connectivity index (χ0v) is 11.5. The third-order valence-electron chi connectivity index (χ3n) is 2.65. The van der Waals surface area contributed by atoms with Crippen LogP contribution in [0.25, 0.3) is 0 Å². The third-order valence-corrected chi connectivity index (χ3v) is 3.01. The summed E-state index contributed by atoms with van der Waals surface area (Å²) in [4.78, 5) is 11.8. The molecule has 0 heterocycles. The first kappa shape index (κ1) is 13.4. The Kier molecular flexibility index (Phi) is 4.68. The molecule has 0 saturated carbocycles. The fourth-order valence-electron chi connectivity index (χ4n) is 1.46. The maximum absolute atomic E-state index is 11.8. The molecule has 1 unspecified atom stereocenters. The maximum atomic E-state index is 11.8. The smallest absolute Gasteiger partial charge is 0.164 e. The van der Waals surface area contributed by atoms with Crippen molar-refractivity contribution in [3.05, 3.63) is 46.1 Å². The van der Waals surface area contributed by atoms with Gasteiger partial charge in [-0.25, -0.2) is 0 Å². The lowest BCUT2D eigenvalue weighted by Gasteiger charge is -2.28. The molecule has 0 saturated heterocycles. The van der Waals surface area contributed by atoms with Crippen LogP contribution in [0, 0.1) is 5.41 Å². The van der Waals surface area contributed by atoms with Gasteiger partial charge in [0.05, 0.1) is 11.5 Å². The summed E-state index contributed by atoms with van der Waals surface area (Å²) in [7, 11) is 0. The van der Waals surface area contributed by atoms with Crippen LogP contribution >= 0.6 is 22.6 Å². The minimum Gasteiger partial charge on any atom is -0.387 e. The van der Waals surface area contributed by atoms with Gasteiger partial charge in [0.2, 0.25) is 0 Å². The van der Waals surface area contributed by atoms with Crippen molar-refractivity contribution >= 4 is 28.4 Å². The van der Waals surface area contributed by atoms with Gasteiger partial charge in [-0.05, 0) is 29.6 Å². The van der Waals surface area contributed by atoms with Crippen LogP contribution in [0.5, 0.6) is 0 Å². The van der Waals surface area contributed by atoms with Gasteiger partial charge in [0, 0.05) is 0 Å². The molecule has 1 rings (SSSR count). The van der Waals surface area contributed by atoms with E-state index in [0.717, 1.165) is 5.56 Å². The second kappa shape index (κ2) is 5.59. The number of aliphatic hydroxyl groups excluding tert-OH is 1. The lowest BCUT2D eigenvalue weighted by atomic mass is 9.79. The molecule has 2 nitrogen and oxygen atoms in total. The highest BCUT2D eigenvalue weighted by molar-refractivity contribution is 14.1. The molecule has 0 amide bonds. The molecular weight excluding hydrogens is 315 g/mol. The van der Waals surface area contributed by atoms with Gasteiger partial charge in [-0.1, -0.05) is 52.9 Å². The monoisotopic (exact) mass is 330 g/mol. The molecule has 1 aromatic carbocycles. The van der Waals surface area contributed by atoms with E-state index in [1.807, 2.05) is 52.9 Å². The van der Waals surface area contributed by atoms with Crippen molar-refractivity contribution in [2.45, 2.75) is 20.0 Å². The highest BCUT2D eigenvalue weighted by Gasteiger charge is 2.34. The molecule has 0 aromatic heterocycles. The molecule has 0 aliphatic rings. The van der Waals surface area contributed by atoms with Crippen molar-refractivity contribution in [2.24, 2.45) is 5.41 Å². The minimum atomic E-state index is -0.803. The lowest BCUT2D eigenvalue weighted by molar-refractivity contribution is -0.128. The Morgan fingerprint density at radius 3 is 2.44 bits per heavy atom. The highest BCUT2D eigenvalue weighted by atomic mass is 127. The van der Waals surface area contributed by atoms with E-state index in [0.29, 0.717) is 0 Å². The lowest BCUT2D eigenvalue weighted by Crippen LogP contribution is -2.30. The number of rotatable bonds is 4. The van der Waals surface area contributed by atoms with E-state index >= 15 is 0 Å². The summed E-state index contributed by atoms with van der Waals surface area (Å²) < 4.78 is 1.67. The number of hydrogen-bond donors (Lipinski definition) is 1. The molecule has 1 aromatic rings. The first-order valence-corrected chi connectivity index (χ1v) is 6.29. The van der Waals surface area contributed by atoms with Crippen LogP contribution in [-0.2, 0) is 4.79 Å². The Hall–Kier alpha value is -0.680. The van der Waals surface area contributed by atoms with Crippen LogP contribution in [-0.4, -0.2) is 10.9 Å². The first-order chi connectivity index (χ1) is 7.50. The van der Waals surface area contributed by atoms with Crippen LogP contribution in [0.15, 0.2) is 40.5 Å². The molecule has 0 radical (unpaired) electrons. The number of hydrogen-bond acceptors (Lipinski definition) is 2. The molecule has 0 spiro atoms. The van der Waals surface area contributed by atoms with Crippen LogP contribution in [0.1, 0.15) is 25.5 Å². The van der Waals surface area contributed by atoms with Gasteiger partial charge in [0.25, 0.3) is 0 Å². The van der Waals surface area contributed by atoms with Gasteiger partial charge in [0.15, 0.2) is 5.78 Å². The molecular formula is C13H15IO2. The summed E-state index contributed by atoms with van der Waals surface area (Å²) in [5.41, 5.74) is -0.0362. The number of allylic oxidation sites excluding steroid dienone is 1. The molecule has 1 atom stereocenters. The number of aliphatic hydroxyl groups is 1. The summed E-state index contributed by atoms with van der Waals surface area (Å²) in [5.74, 6) is -0.0711. The van der Waals surface area contributed by atoms with Crippen LogP contribution in [0.4, 0.5) is 0 Å². The van der Waals surface area contributed by atoms with E-state index in [1.54, 1.807) is 17.9 Å². The zero-order chi connectivity index (χ0) is 12.2. The second-order valence-electron chi connectivity index (χ2n) is 4.19. The standard InChI is InChI=1S/C13H15IO2/c1-13(2,11(15)8-9-14)12(16)10-6-4-3-5-7-10/h3-9,12,16H,1-2H3/b9-8+. The molecule has 0 fully saturated rings. The summed E-state index contributed by atoms with van der Waals surface area (Å²) in [6.45, 7) is 3.51. The largest absolute Gasteiger partial charge is 0.387 e. The Bertz CT molecular complexity index is 382. The van der Waals surface area contributed by atoms with Crippen molar-refractivity contribution in [1.82, 2.24) is 0 Å². The van der Waals surface area contributed by atoms with Crippen molar-refractivity contribution in [1.29, 1.82) is 0 Å². The first-order valence-electron chi connectivity index (χ1n) is 5.04. The number of carbonyl (C=O) groups is 1. The van der Waals surface area contributed by atoms with Crippen molar-refractivity contribution in [2.75, 3.05) is 0 Å². The third kappa shape index (κ3) is 2.92. The summed E-state index contributed by atoms with van der Waals surface area (Å²) >= 11 is 2.00. The maximum Gasteiger partial charge on any atom is 0.164 e. The van der Waals surface area contributed by atoms with Crippen LogP contribution in [0.3, 0.4) is 0 Å². The Labute approximate surface area is 110 Å². The zero-order valence-electron chi connectivity index (χ0n) is 9.35. The Morgan fingerprint density at radius 1 is 1.38 bits per heavy atom. The number of halogens is 1. The quantitative estimate of drug-likeness (QED) is 0.680. The summed E-state index contributed by atoms with van der Waals surface area (Å²) in [5, 5.41) is 10.2. The predicted molar refractivity (Wildman–Crippen MR) is 73.3 cm³/mol. The average Bonchev–Trinajstić information content (AvgIpc) is 2.29. The van der Waals surface area contributed by atoms with Gasteiger partial charge in [-0.2, -0.15) is 0 Å². The van der Waals surface area contributed by atoms with Crippen LogP contribution in [0.2, 0.25) is 0 Å². The normalized spacial score (nSPS) is 14.0. The Morgan fingerprint density at radius 2 is 1.94 bits per heavy atom. The van der Waals surface area contributed by atoms with E-state index in [4.69, 9.17) is 0 Å². The number of carbonyl (C=O) groups excluding carboxylic acids is 1. The Balaban J connectivity index is 2.96. The fourth-order valence-corrected chi connectivity index (χ4v) is 1.79. The fraction of sp³-hybridized carbons (Fsp3) is 0.308. The number of ketones is 1. The molecule has 1 N–H and O–H groups in total.